The van der Waals surface area contributed by atoms with Crippen LogP contribution < -0.4 is 0 Å². The van der Waals surface area contributed by atoms with E-state index in [0.717, 1.165) is 6.42 Å². The molecule has 62 valence electrons. The maximum Gasteiger partial charge on any atom is 0.0348 e. The van der Waals surface area contributed by atoms with Gasteiger partial charge in [0.1, 0.15) is 0 Å². The van der Waals surface area contributed by atoms with Crippen LogP contribution in [0.4, 0.5) is 0 Å². The minimum Gasteiger partial charge on any atom is -0.0871 e. The smallest absolute Gasteiger partial charge is 0.0348 e. The molecule has 0 unspecified atom stereocenters. The van der Waals surface area contributed by atoms with Crippen molar-refractivity contribution >= 4 is 22.6 Å². The molecule has 1 rings (SSSR count). The van der Waals surface area contributed by atoms with Gasteiger partial charge in [0.2, 0.25) is 0 Å². The molecule has 0 amide bonds. The summed E-state index contributed by atoms with van der Waals surface area (Å²) >= 11 is 2.07. The van der Waals surface area contributed by atoms with Gasteiger partial charge < -0.3 is 0 Å². The van der Waals surface area contributed by atoms with Gasteiger partial charge in [-0.15, -0.1) is 0 Å². The van der Waals surface area contributed by atoms with Crippen molar-refractivity contribution < 1.29 is 0 Å². The van der Waals surface area contributed by atoms with Gasteiger partial charge in [-0.25, -0.2) is 0 Å². The van der Waals surface area contributed by atoms with Crippen LogP contribution in [0.2, 0.25) is 0 Å². The average molecular weight is 270 g/mol. The fraction of sp³-hybridized carbons (Fsp3) is 0.273. The Morgan fingerprint density at radius 3 is 2.25 bits per heavy atom. The molecule has 1 aromatic carbocycles. The first kappa shape index (κ1) is 9.60. The van der Waals surface area contributed by atoms with Gasteiger partial charge >= 0.3 is 0 Å². The highest BCUT2D eigenvalue weighted by molar-refractivity contribution is 14.1. The summed E-state index contributed by atoms with van der Waals surface area (Å²) in [5.74, 6) is 3.06. The molecule has 0 aromatic heterocycles. The Hall–Kier alpha value is -0.490. The van der Waals surface area contributed by atoms with E-state index in [9.17, 15) is 0 Å². The second kappa shape index (κ2) is 4.51. The topological polar surface area (TPSA) is 0 Å². The first-order valence-electron chi connectivity index (χ1n) is 3.88. The van der Waals surface area contributed by atoms with Crippen molar-refractivity contribution in [3.63, 3.8) is 0 Å². The second-order valence-corrected chi connectivity index (χ2v) is 3.48. The molecule has 0 saturated carbocycles. The molecule has 0 spiro atoms. The van der Waals surface area contributed by atoms with Crippen molar-refractivity contribution in [2.24, 2.45) is 0 Å². The molecule has 0 saturated heterocycles. The molecule has 0 N–H and O–H groups in total. The van der Waals surface area contributed by atoms with Gasteiger partial charge in [0.25, 0.3) is 0 Å². The van der Waals surface area contributed by atoms with Crippen molar-refractivity contribution in [2.75, 3.05) is 0 Å². The van der Waals surface area contributed by atoms with Gasteiger partial charge in [0, 0.05) is 29.0 Å². The fourth-order valence-corrected chi connectivity index (χ4v) is 1.50. The third-order valence-electron chi connectivity index (χ3n) is 1.64. The summed E-state index contributed by atoms with van der Waals surface area (Å²) in [6, 6.07) is 6.56. The molecule has 0 atom stereocenters. The zero-order valence-corrected chi connectivity index (χ0v) is 9.47. The monoisotopic (exact) mass is 270 g/mol. The lowest BCUT2D eigenvalue weighted by Crippen LogP contribution is -1.85. The first-order valence-corrected chi connectivity index (χ1v) is 4.96. The minimum atomic E-state index is 0.867. The van der Waals surface area contributed by atoms with Crippen LogP contribution in [0.25, 0.3) is 0 Å². The zero-order valence-electron chi connectivity index (χ0n) is 7.32. The van der Waals surface area contributed by atoms with Gasteiger partial charge in [-0.05, 0) is 23.3 Å². The normalized spacial score (nSPS) is 8.92. The fourth-order valence-electron chi connectivity index (χ4n) is 1.31. The first-order chi connectivity index (χ1) is 5.72. The van der Waals surface area contributed by atoms with Crippen LogP contribution in [0.15, 0.2) is 18.2 Å². The summed E-state index contributed by atoms with van der Waals surface area (Å²) in [6.07, 6.45) is 0.867. The van der Waals surface area contributed by atoms with Crippen molar-refractivity contribution in [3.8, 4) is 9.85 Å². The molecule has 1 heteroatoms. The van der Waals surface area contributed by atoms with E-state index in [-0.39, 0.29) is 0 Å². The molecule has 0 fully saturated rings. The van der Waals surface area contributed by atoms with E-state index >= 15 is 0 Å². The Bertz CT molecular complexity index is 308. The minimum absolute atomic E-state index is 0.867. The number of benzene rings is 1. The summed E-state index contributed by atoms with van der Waals surface area (Å²) in [6.45, 7) is 4.24. The second-order valence-electron chi connectivity index (χ2n) is 2.94. The SMILES string of the molecule is Cc1cc(C)cc(CC#CI)c1. The molecule has 12 heavy (non-hydrogen) atoms. The highest BCUT2D eigenvalue weighted by Gasteiger charge is 1.92. The lowest BCUT2D eigenvalue weighted by molar-refractivity contribution is 1.25. The highest BCUT2D eigenvalue weighted by Crippen LogP contribution is 2.08. The van der Waals surface area contributed by atoms with Crippen molar-refractivity contribution in [3.05, 3.63) is 34.9 Å². The zero-order chi connectivity index (χ0) is 8.97. The Labute approximate surface area is 87.5 Å². The van der Waals surface area contributed by atoms with Gasteiger partial charge in [-0.1, -0.05) is 35.2 Å². The number of hydrogen-bond donors (Lipinski definition) is 0. The van der Waals surface area contributed by atoms with Crippen LogP contribution in [-0.2, 0) is 6.42 Å². The van der Waals surface area contributed by atoms with Crippen LogP contribution in [-0.4, -0.2) is 0 Å². The maximum atomic E-state index is 3.06. The molecule has 0 radical (unpaired) electrons. The van der Waals surface area contributed by atoms with Gasteiger partial charge in [-0.3, -0.25) is 0 Å². The van der Waals surface area contributed by atoms with E-state index in [1.165, 1.54) is 16.7 Å². The maximum absolute atomic E-state index is 3.06. The standard InChI is InChI=1S/C11H11I/c1-9-6-10(2)8-11(7-9)4-3-5-12/h6-8H,4H2,1-2H3. The number of rotatable bonds is 1. The Morgan fingerprint density at radius 1 is 1.17 bits per heavy atom. The Balaban J connectivity index is 2.90. The Kier molecular flexibility index (Phi) is 3.61. The van der Waals surface area contributed by atoms with E-state index in [0.29, 0.717) is 0 Å². The molecule has 0 aliphatic rings. The highest BCUT2D eigenvalue weighted by atomic mass is 127. The van der Waals surface area contributed by atoms with Crippen molar-refractivity contribution in [2.45, 2.75) is 20.3 Å². The molecular weight excluding hydrogens is 259 g/mol. The van der Waals surface area contributed by atoms with Crippen LogP contribution in [0.5, 0.6) is 0 Å². The number of halogens is 1. The lowest BCUT2D eigenvalue weighted by atomic mass is 10.1. The van der Waals surface area contributed by atoms with E-state index in [4.69, 9.17) is 0 Å². The largest absolute Gasteiger partial charge is 0.0871 e. The van der Waals surface area contributed by atoms with Gasteiger partial charge in [-0.2, -0.15) is 0 Å². The van der Waals surface area contributed by atoms with Gasteiger partial charge in [0.05, 0.1) is 0 Å². The van der Waals surface area contributed by atoms with Crippen LogP contribution >= 0.6 is 22.6 Å². The molecule has 1 aromatic rings. The van der Waals surface area contributed by atoms with E-state index in [2.05, 4.69) is 64.5 Å². The van der Waals surface area contributed by atoms with Crippen molar-refractivity contribution in [1.82, 2.24) is 0 Å². The van der Waals surface area contributed by atoms with Crippen LogP contribution in [0, 0.1) is 23.7 Å². The predicted octanol–water partition coefficient (Wildman–Crippen LogP) is 3.24. The molecule has 0 bridgehead atoms. The van der Waals surface area contributed by atoms with E-state index in [1.54, 1.807) is 0 Å². The van der Waals surface area contributed by atoms with E-state index < -0.39 is 0 Å². The van der Waals surface area contributed by atoms with Crippen molar-refractivity contribution in [1.29, 1.82) is 0 Å². The third-order valence-corrected chi connectivity index (χ3v) is 2.02. The molecule has 0 aliphatic carbocycles. The summed E-state index contributed by atoms with van der Waals surface area (Å²) in [4.78, 5) is 0. The molecule has 0 heterocycles. The summed E-state index contributed by atoms with van der Waals surface area (Å²) in [5.41, 5.74) is 3.96. The molecule has 0 nitrogen and oxygen atoms in total. The number of hydrogen-bond acceptors (Lipinski definition) is 0. The molecular formula is C11H11I. The summed E-state index contributed by atoms with van der Waals surface area (Å²) in [5, 5.41) is 0. The third kappa shape index (κ3) is 2.86. The molecule has 0 aliphatic heterocycles. The average Bonchev–Trinajstić information content (AvgIpc) is 1.99. The van der Waals surface area contributed by atoms with Crippen LogP contribution in [0.1, 0.15) is 16.7 Å². The van der Waals surface area contributed by atoms with E-state index in [1.807, 2.05) is 0 Å². The quantitative estimate of drug-likeness (QED) is 0.543. The van der Waals surface area contributed by atoms with Crippen LogP contribution in [0.3, 0.4) is 0 Å². The summed E-state index contributed by atoms with van der Waals surface area (Å²) < 4.78 is 2.88. The summed E-state index contributed by atoms with van der Waals surface area (Å²) in [7, 11) is 0. The Morgan fingerprint density at radius 2 is 1.75 bits per heavy atom. The predicted molar refractivity (Wildman–Crippen MR) is 61.4 cm³/mol. The lowest BCUT2D eigenvalue weighted by Gasteiger charge is -2.00. The number of aryl methyl sites for hydroxylation is 2. The van der Waals surface area contributed by atoms with Gasteiger partial charge in [0.15, 0.2) is 0 Å².